The molecule has 2 fully saturated rings. The molecule has 38 heavy (non-hydrogen) atoms. The smallest absolute Gasteiger partial charge is 0.261 e. The van der Waals surface area contributed by atoms with Gasteiger partial charge in [0.25, 0.3) is 5.91 Å². The number of carbonyl (C=O) groups is 2. The van der Waals surface area contributed by atoms with Crippen LogP contribution in [0.2, 0.25) is 5.02 Å². The zero-order valence-corrected chi connectivity index (χ0v) is 22.1. The van der Waals surface area contributed by atoms with Crippen LogP contribution in [0.5, 0.6) is 11.5 Å². The predicted octanol–water partition coefficient (Wildman–Crippen LogP) is 3.48. The van der Waals surface area contributed by atoms with Gasteiger partial charge in [0.2, 0.25) is 5.91 Å². The minimum absolute atomic E-state index is 0.0146. The van der Waals surface area contributed by atoms with Gasteiger partial charge < -0.3 is 29.3 Å². The molecule has 9 nitrogen and oxygen atoms in total. The Labute approximate surface area is 225 Å². The van der Waals surface area contributed by atoms with Crippen LogP contribution in [0.15, 0.2) is 30.9 Å². The molecule has 0 saturated carbocycles. The molecule has 0 bridgehead atoms. The van der Waals surface area contributed by atoms with E-state index < -0.39 is 11.9 Å². The van der Waals surface area contributed by atoms with Crippen molar-refractivity contribution in [2.75, 3.05) is 44.3 Å². The van der Waals surface area contributed by atoms with Gasteiger partial charge in [-0.3, -0.25) is 9.59 Å². The van der Waals surface area contributed by atoms with Crippen LogP contribution < -0.4 is 9.64 Å². The first-order chi connectivity index (χ1) is 18.2. The number of anilines is 1. The third-order valence-electron chi connectivity index (χ3n) is 7.38. The summed E-state index contributed by atoms with van der Waals surface area (Å²) >= 11 is 6.78. The molecule has 1 N–H and O–H groups in total. The summed E-state index contributed by atoms with van der Waals surface area (Å²) in [7, 11) is 0. The van der Waals surface area contributed by atoms with E-state index in [1.165, 1.54) is 24.3 Å². The van der Waals surface area contributed by atoms with E-state index >= 15 is 0 Å². The quantitative estimate of drug-likeness (QED) is 0.576. The maximum atomic E-state index is 15.0. The van der Waals surface area contributed by atoms with E-state index in [1.807, 2.05) is 18.7 Å². The largest absolute Gasteiger partial charge is 0.507 e. The Kier molecular flexibility index (Phi) is 7.19. The molecule has 5 rings (SSSR count). The number of phenolic OH excluding ortho intramolecular Hbond substituents is 1. The fourth-order valence-electron chi connectivity index (χ4n) is 5.53. The number of hydrogen-bond donors (Lipinski definition) is 1. The first-order valence-electron chi connectivity index (χ1n) is 12.7. The molecule has 0 aliphatic carbocycles. The van der Waals surface area contributed by atoms with Crippen molar-refractivity contribution < 1.29 is 28.6 Å². The third-order valence-corrected chi connectivity index (χ3v) is 7.73. The molecule has 4 heterocycles. The number of carbonyl (C=O) groups excluding carboxylic acids is 2. The number of rotatable bonds is 5. The Morgan fingerprint density at radius 1 is 1.32 bits per heavy atom. The SMILES string of the molecule is C=CC(=O)N1CCN2C(=O)c3c(N4C[C@@H](OCC)C[C@@H]4C)nc(-c4c(O)cccc4F)c(Cl)c3OC[C@H]2C1. The van der Waals surface area contributed by atoms with Crippen LogP contribution in [-0.2, 0) is 9.53 Å². The number of fused-ring (bicyclic) bond motifs is 2. The lowest BCUT2D eigenvalue weighted by Gasteiger charge is -2.39. The van der Waals surface area contributed by atoms with Crippen molar-refractivity contribution in [3.63, 3.8) is 0 Å². The molecule has 3 aliphatic heterocycles. The van der Waals surface area contributed by atoms with Gasteiger partial charge in [0.15, 0.2) is 5.75 Å². The Balaban J connectivity index is 1.66. The summed E-state index contributed by atoms with van der Waals surface area (Å²) in [5.74, 6) is -1.20. The van der Waals surface area contributed by atoms with Crippen LogP contribution in [0.3, 0.4) is 0 Å². The lowest BCUT2D eigenvalue weighted by molar-refractivity contribution is -0.128. The van der Waals surface area contributed by atoms with E-state index in [0.29, 0.717) is 38.5 Å². The van der Waals surface area contributed by atoms with Crippen molar-refractivity contribution in [3.8, 4) is 22.8 Å². The fourth-order valence-corrected chi connectivity index (χ4v) is 5.82. The summed E-state index contributed by atoms with van der Waals surface area (Å²) in [4.78, 5) is 36.3. The minimum atomic E-state index is -0.706. The zero-order chi connectivity index (χ0) is 27.1. The lowest BCUT2D eigenvalue weighted by Crippen LogP contribution is -2.57. The minimum Gasteiger partial charge on any atom is -0.507 e. The Morgan fingerprint density at radius 3 is 2.82 bits per heavy atom. The first-order valence-corrected chi connectivity index (χ1v) is 13.1. The van der Waals surface area contributed by atoms with Gasteiger partial charge in [-0.05, 0) is 38.5 Å². The summed E-state index contributed by atoms with van der Waals surface area (Å²) in [6.07, 6.45) is 1.89. The van der Waals surface area contributed by atoms with Crippen LogP contribution in [0.25, 0.3) is 11.3 Å². The second-order valence-corrected chi connectivity index (χ2v) is 10.1. The molecule has 2 amide bonds. The molecule has 2 saturated heterocycles. The lowest BCUT2D eigenvalue weighted by atomic mass is 10.0. The van der Waals surface area contributed by atoms with E-state index in [0.717, 1.165) is 0 Å². The molecule has 0 spiro atoms. The number of halogens is 2. The molecule has 3 aliphatic rings. The van der Waals surface area contributed by atoms with E-state index in [4.69, 9.17) is 26.1 Å². The number of pyridine rings is 1. The summed E-state index contributed by atoms with van der Waals surface area (Å²) in [6.45, 7) is 9.50. The highest BCUT2D eigenvalue weighted by atomic mass is 35.5. The van der Waals surface area contributed by atoms with Crippen molar-refractivity contribution in [2.45, 2.75) is 38.5 Å². The molecule has 0 radical (unpaired) electrons. The molecule has 2 aromatic rings. The highest BCUT2D eigenvalue weighted by Crippen LogP contribution is 2.47. The van der Waals surface area contributed by atoms with E-state index in [2.05, 4.69) is 6.58 Å². The monoisotopic (exact) mass is 544 g/mol. The Hall–Kier alpha value is -3.37. The summed E-state index contributed by atoms with van der Waals surface area (Å²) in [6, 6.07) is 3.48. The zero-order valence-electron chi connectivity index (χ0n) is 21.3. The third kappa shape index (κ3) is 4.45. The highest BCUT2D eigenvalue weighted by Gasteiger charge is 2.42. The van der Waals surface area contributed by atoms with Crippen molar-refractivity contribution in [2.24, 2.45) is 0 Å². The van der Waals surface area contributed by atoms with Crippen molar-refractivity contribution in [3.05, 3.63) is 47.3 Å². The average Bonchev–Trinajstić information content (AvgIpc) is 3.19. The van der Waals surface area contributed by atoms with E-state index in [1.54, 1.807) is 9.80 Å². The second kappa shape index (κ2) is 10.4. The first kappa shape index (κ1) is 26.2. The van der Waals surface area contributed by atoms with Crippen LogP contribution >= 0.6 is 11.6 Å². The molecular weight excluding hydrogens is 515 g/mol. The molecule has 202 valence electrons. The molecular formula is C27H30ClFN4O5. The molecule has 11 heteroatoms. The highest BCUT2D eigenvalue weighted by molar-refractivity contribution is 6.35. The predicted molar refractivity (Wildman–Crippen MR) is 140 cm³/mol. The van der Waals surface area contributed by atoms with Crippen LogP contribution in [0, 0.1) is 5.82 Å². The van der Waals surface area contributed by atoms with Gasteiger partial charge in [-0.2, -0.15) is 0 Å². The Morgan fingerprint density at radius 2 is 2.11 bits per heavy atom. The number of aromatic nitrogens is 1. The van der Waals surface area contributed by atoms with Gasteiger partial charge in [0.1, 0.15) is 40.3 Å². The van der Waals surface area contributed by atoms with Gasteiger partial charge >= 0.3 is 0 Å². The number of benzene rings is 1. The van der Waals surface area contributed by atoms with E-state index in [9.17, 15) is 19.1 Å². The average molecular weight is 545 g/mol. The molecule has 0 unspecified atom stereocenters. The number of ether oxygens (including phenoxy) is 2. The number of amides is 2. The normalized spacial score (nSPS) is 23.0. The van der Waals surface area contributed by atoms with Crippen molar-refractivity contribution in [1.29, 1.82) is 0 Å². The van der Waals surface area contributed by atoms with Gasteiger partial charge in [-0.15, -0.1) is 0 Å². The number of piperazine rings is 1. The summed E-state index contributed by atoms with van der Waals surface area (Å²) in [5.41, 5.74) is -0.000633. The van der Waals surface area contributed by atoms with Crippen LogP contribution in [-0.4, -0.2) is 89.3 Å². The standard InChI is InChI=1S/C27H30ClFN4O5/c1-4-20(35)31-9-10-32-16(12-31)14-38-25-22(27(32)36)26(33-13-17(37-5-2)11-15(33)3)30-24(23(25)28)21-18(29)7-6-8-19(21)34/h4,6-8,15-17,34H,1,5,9-14H2,2-3H3/t15-,16+,17-/m0/s1. The van der Waals surface area contributed by atoms with Crippen LogP contribution in [0.4, 0.5) is 10.2 Å². The number of nitrogens with zero attached hydrogens (tertiary/aromatic N) is 4. The van der Waals surface area contributed by atoms with Gasteiger partial charge in [-0.1, -0.05) is 24.2 Å². The summed E-state index contributed by atoms with van der Waals surface area (Å²) < 4.78 is 27.0. The van der Waals surface area contributed by atoms with Gasteiger partial charge in [0.05, 0.1) is 17.7 Å². The second-order valence-electron chi connectivity index (χ2n) is 9.70. The van der Waals surface area contributed by atoms with Crippen LogP contribution in [0.1, 0.15) is 30.6 Å². The van der Waals surface area contributed by atoms with E-state index in [-0.39, 0.29) is 70.5 Å². The summed E-state index contributed by atoms with van der Waals surface area (Å²) in [5, 5.41) is 10.5. The topological polar surface area (TPSA) is 95.4 Å². The number of aromatic hydroxyl groups is 1. The Bertz CT molecular complexity index is 1270. The maximum absolute atomic E-state index is 15.0. The van der Waals surface area contributed by atoms with Gasteiger partial charge in [0, 0.05) is 38.8 Å². The fraction of sp³-hybridized carbons (Fsp3) is 0.444. The molecule has 1 aromatic heterocycles. The number of phenols is 1. The number of hydrogen-bond acceptors (Lipinski definition) is 7. The molecule has 1 aromatic carbocycles. The molecule has 3 atom stereocenters. The van der Waals surface area contributed by atoms with Gasteiger partial charge in [-0.25, -0.2) is 9.37 Å². The maximum Gasteiger partial charge on any atom is 0.261 e. The van der Waals surface area contributed by atoms with Crippen molar-refractivity contribution >= 4 is 29.2 Å². The van der Waals surface area contributed by atoms with Crippen molar-refractivity contribution in [1.82, 2.24) is 14.8 Å².